The van der Waals surface area contributed by atoms with Crippen LogP contribution in [0.4, 0.5) is 0 Å². The van der Waals surface area contributed by atoms with Gasteiger partial charge in [-0.3, -0.25) is 14.8 Å². The molecular weight excluding hydrogens is 200 g/mol. The van der Waals surface area contributed by atoms with Crippen LogP contribution >= 0.6 is 0 Å². The van der Waals surface area contributed by atoms with E-state index in [9.17, 15) is 9.59 Å². The number of nitrogens with zero attached hydrogens (tertiary/aromatic N) is 1. The van der Waals surface area contributed by atoms with E-state index in [-0.39, 0.29) is 18.5 Å². The van der Waals surface area contributed by atoms with Crippen LogP contribution in [0.3, 0.4) is 0 Å². The monoisotopic (exact) mass is 211 g/mol. The molecule has 0 atom stereocenters. The maximum Gasteiger partial charge on any atom is 0.309 e. The molecule has 1 rings (SSSR count). The standard InChI is InChI=1S/C9H10N2O4/c12-8(13)3-5-11-4-1-2-7(6-11)9(14)10-15/h1-2,4,6H,3,5H2,(H2-,10,12,13,14,15)/p+1. The van der Waals surface area contributed by atoms with Crippen molar-refractivity contribution in [2.24, 2.45) is 0 Å². The third kappa shape index (κ3) is 3.35. The van der Waals surface area contributed by atoms with Gasteiger partial charge in [0.05, 0.1) is 0 Å². The molecule has 15 heavy (non-hydrogen) atoms. The molecular formula is C9H11N2O4+. The number of hydrogen-bond acceptors (Lipinski definition) is 3. The number of carbonyl (C=O) groups excluding carboxylic acids is 1. The normalized spacial score (nSPS) is 9.67. The van der Waals surface area contributed by atoms with Crippen LogP contribution in [0.5, 0.6) is 0 Å². The van der Waals surface area contributed by atoms with E-state index in [2.05, 4.69) is 0 Å². The van der Waals surface area contributed by atoms with Crippen molar-refractivity contribution in [3.8, 4) is 0 Å². The average molecular weight is 211 g/mol. The number of rotatable bonds is 4. The summed E-state index contributed by atoms with van der Waals surface area (Å²) in [5.74, 6) is -1.53. The van der Waals surface area contributed by atoms with Crippen molar-refractivity contribution in [1.29, 1.82) is 0 Å². The smallest absolute Gasteiger partial charge is 0.309 e. The van der Waals surface area contributed by atoms with Gasteiger partial charge in [-0.15, -0.1) is 0 Å². The molecule has 0 unspecified atom stereocenters. The summed E-state index contributed by atoms with van der Waals surface area (Å²) in [6, 6.07) is 3.12. The van der Waals surface area contributed by atoms with Crippen LogP contribution in [0.25, 0.3) is 0 Å². The molecule has 0 aliphatic heterocycles. The first-order valence-corrected chi connectivity index (χ1v) is 4.29. The molecule has 0 fully saturated rings. The Morgan fingerprint density at radius 1 is 1.47 bits per heavy atom. The molecule has 0 aliphatic rings. The highest BCUT2D eigenvalue weighted by molar-refractivity contribution is 5.92. The molecule has 1 aromatic heterocycles. The number of carbonyl (C=O) groups is 2. The van der Waals surface area contributed by atoms with Crippen LogP contribution < -0.4 is 10.0 Å². The Bertz CT molecular complexity index is 378. The fraction of sp³-hybridized carbons (Fsp3) is 0.222. The molecule has 0 radical (unpaired) electrons. The number of carboxylic acids is 1. The Kier molecular flexibility index (Phi) is 3.75. The first-order valence-electron chi connectivity index (χ1n) is 4.29. The highest BCUT2D eigenvalue weighted by Crippen LogP contribution is 1.93. The van der Waals surface area contributed by atoms with E-state index in [0.717, 1.165) is 0 Å². The van der Waals surface area contributed by atoms with Gasteiger partial charge in [-0.1, -0.05) is 0 Å². The third-order valence-electron chi connectivity index (χ3n) is 1.81. The second-order valence-electron chi connectivity index (χ2n) is 2.92. The summed E-state index contributed by atoms with van der Waals surface area (Å²) in [5, 5.41) is 16.9. The van der Waals surface area contributed by atoms with Crippen LogP contribution in [0.2, 0.25) is 0 Å². The van der Waals surface area contributed by atoms with Crippen molar-refractivity contribution in [3.63, 3.8) is 0 Å². The zero-order valence-corrected chi connectivity index (χ0v) is 7.88. The third-order valence-corrected chi connectivity index (χ3v) is 1.81. The van der Waals surface area contributed by atoms with Crippen molar-refractivity contribution in [1.82, 2.24) is 5.48 Å². The minimum absolute atomic E-state index is 0.0190. The minimum atomic E-state index is -0.903. The zero-order valence-electron chi connectivity index (χ0n) is 7.88. The van der Waals surface area contributed by atoms with Gasteiger partial charge in [0.15, 0.2) is 18.9 Å². The molecule has 0 saturated carbocycles. The SMILES string of the molecule is O=C(O)CC[n+]1cccc(C(=O)NO)c1. The van der Waals surface area contributed by atoms with Gasteiger partial charge in [0.2, 0.25) is 0 Å². The van der Waals surface area contributed by atoms with Crippen molar-refractivity contribution in [3.05, 3.63) is 30.1 Å². The Morgan fingerprint density at radius 3 is 2.80 bits per heavy atom. The number of hydrogen-bond donors (Lipinski definition) is 3. The first-order chi connectivity index (χ1) is 7.13. The summed E-state index contributed by atoms with van der Waals surface area (Å²) in [7, 11) is 0. The summed E-state index contributed by atoms with van der Waals surface area (Å²) in [6.45, 7) is 0.280. The lowest BCUT2D eigenvalue weighted by Gasteiger charge is -1.98. The molecule has 0 aliphatic carbocycles. The van der Waals surface area contributed by atoms with E-state index in [1.54, 1.807) is 16.8 Å². The van der Waals surface area contributed by atoms with E-state index < -0.39 is 11.9 Å². The lowest BCUT2D eigenvalue weighted by molar-refractivity contribution is -0.696. The molecule has 0 bridgehead atoms. The summed E-state index contributed by atoms with van der Waals surface area (Å²) in [6.07, 6.45) is 3.10. The maximum atomic E-state index is 11.0. The number of aryl methyl sites for hydroxylation is 1. The van der Waals surface area contributed by atoms with E-state index in [0.29, 0.717) is 0 Å². The second kappa shape index (κ2) is 5.06. The highest BCUT2D eigenvalue weighted by Gasteiger charge is 2.10. The van der Waals surface area contributed by atoms with Crippen molar-refractivity contribution < 1.29 is 24.5 Å². The molecule has 1 amide bonds. The zero-order chi connectivity index (χ0) is 11.3. The van der Waals surface area contributed by atoms with E-state index in [1.165, 1.54) is 17.7 Å². The molecule has 3 N–H and O–H groups in total. The van der Waals surface area contributed by atoms with Gasteiger partial charge in [0.25, 0.3) is 5.91 Å². The van der Waals surface area contributed by atoms with Gasteiger partial charge in [-0.25, -0.2) is 10.0 Å². The summed E-state index contributed by atoms with van der Waals surface area (Å²) >= 11 is 0. The van der Waals surface area contributed by atoms with Gasteiger partial charge in [0, 0.05) is 6.07 Å². The minimum Gasteiger partial charge on any atom is -0.481 e. The predicted octanol–water partition coefficient (Wildman–Crippen LogP) is -0.432. The highest BCUT2D eigenvalue weighted by atomic mass is 16.5. The Labute approximate surface area is 85.7 Å². The van der Waals surface area contributed by atoms with Crippen LogP contribution in [-0.2, 0) is 11.3 Å². The lowest BCUT2D eigenvalue weighted by atomic mass is 10.2. The van der Waals surface area contributed by atoms with E-state index in [4.69, 9.17) is 10.3 Å². The number of aromatic nitrogens is 1. The van der Waals surface area contributed by atoms with Crippen LogP contribution in [-0.4, -0.2) is 22.2 Å². The second-order valence-corrected chi connectivity index (χ2v) is 2.92. The number of amides is 1. The number of hydroxylamine groups is 1. The number of pyridine rings is 1. The predicted molar refractivity (Wildman–Crippen MR) is 48.1 cm³/mol. The Balaban J connectivity index is 2.74. The molecule has 0 spiro atoms. The van der Waals surface area contributed by atoms with Gasteiger partial charge in [-0.2, -0.15) is 0 Å². The van der Waals surface area contributed by atoms with E-state index >= 15 is 0 Å². The molecule has 80 valence electrons. The fourth-order valence-electron chi connectivity index (χ4n) is 1.08. The van der Waals surface area contributed by atoms with Crippen molar-refractivity contribution >= 4 is 11.9 Å². The largest absolute Gasteiger partial charge is 0.481 e. The summed E-state index contributed by atoms with van der Waals surface area (Å²) in [5.41, 5.74) is 1.77. The van der Waals surface area contributed by atoms with Crippen LogP contribution in [0.15, 0.2) is 24.5 Å². The molecule has 6 nitrogen and oxygen atoms in total. The maximum absolute atomic E-state index is 11.0. The van der Waals surface area contributed by atoms with Crippen molar-refractivity contribution in [2.75, 3.05) is 0 Å². The van der Waals surface area contributed by atoms with Crippen LogP contribution in [0.1, 0.15) is 16.8 Å². The Hall–Kier alpha value is -1.95. The molecule has 6 heteroatoms. The molecule has 1 heterocycles. The summed E-state index contributed by atoms with van der Waals surface area (Å²) in [4.78, 5) is 21.3. The first kappa shape index (κ1) is 11.1. The number of nitrogens with one attached hydrogen (secondary N) is 1. The van der Waals surface area contributed by atoms with Gasteiger partial charge in [-0.05, 0) is 6.07 Å². The number of carboxylic acid groups (broad SMARTS) is 1. The van der Waals surface area contributed by atoms with Crippen LogP contribution in [0, 0.1) is 0 Å². The topological polar surface area (TPSA) is 90.5 Å². The quantitative estimate of drug-likeness (QED) is 0.358. The molecule has 0 saturated heterocycles. The number of aliphatic carboxylic acids is 1. The summed E-state index contributed by atoms with van der Waals surface area (Å²) < 4.78 is 1.57. The fourth-order valence-corrected chi connectivity index (χ4v) is 1.08. The van der Waals surface area contributed by atoms with Crippen molar-refractivity contribution in [2.45, 2.75) is 13.0 Å². The van der Waals surface area contributed by atoms with Gasteiger partial charge in [0.1, 0.15) is 12.0 Å². The van der Waals surface area contributed by atoms with Gasteiger partial charge >= 0.3 is 5.97 Å². The van der Waals surface area contributed by atoms with E-state index in [1.807, 2.05) is 0 Å². The molecule has 0 aromatic carbocycles. The molecule has 1 aromatic rings. The van der Waals surface area contributed by atoms with Gasteiger partial charge < -0.3 is 5.11 Å². The average Bonchev–Trinajstić information content (AvgIpc) is 2.25. The lowest BCUT2D eigenvalue weighted by Crippen LogP contribution is -2.35. The Morgan fingerprint density at radius 2 is 2.20 bits per heavy atom.